The van der Waals surface area contributed by atoms with Crippen molar-refractivity contribution in [3.05, 3.63) is 33.6 Å². The van der Waals surface area contributed by atoms with Crippen molar-refractivity contribution in [3.63, 3.8) is 0 Å². The molecule has 0 saturated carbocycles. The SMILES string of the molecule is CCC(CC)(CC)NC(=O)c1cc(N)c(F)cc1[N+](=O)[O-]. The zero-order chi connectivity index (χ0) is 16.2. The lowest BCUT2D eigenvalue weighted by molar-refractivity contribution is -0.385. The van der Waals surface area contributed by atoms with Gasteiger partial charge in [0.2, 0.25) is 0 Å². The molecule has 0 fully saturated rings. The number of nitrogens with zero attached hydrogens (tertiary/aromatic N) is 1. The summed E-state index contributed by atoms with van der Waals surface area (Å²) < 4.78 is 13.4. The quantitative estimate of drug-likeness (QED) is 0.479. The molecular formula is C14H20FN3O3. The van der Waals surface area contributed by atoms with Gasteiger partial charge in [-0.05, 0) is 25.3 Å². The molecule has 0 unspecified atom stereocenters. The minimum atomic E-state index is -0.911. The van der Waals surface area contributed by atoms with Crippen LogP contribution in [0.1, 0.15) is 50.4 Å². The number of nitrogens with one attached hydrogen (secondary N) is 1. The van der Waals surface area contributed by atoms with Crippen LogP contribution >= 0.6 is 0 Å². The average molecular weight is 297 g/mol. The molecule has 7 heteroatoms. The van der Waals surface area contributed by atoms with Crippen LogP contribution in [0.25, 0.3) is 0 Å². The molecule has 0 heterocycles. The molecule has 21 heavy (non-hydrogen) atoms. The van der Waals surface area contributed by atoms with Crippen molar-refractivity contribution in [3.8, 4) is 0 Å². The predicted octanol–water partition coefficient (Wildman–Crippen LogP) is 3.01. The molecule has 0 spiro atoms. The van der Waals surface area contributed by atoms with Gasteiger partial charge < -0.3 is 11.1 Å². The minimum Gasteiger partial charge on any atom is -0.396 e. The zero-order valence-electron chi connectivity index (χ0n) is 12.4. The van der Waals surface area contributed by atoms with Crippen LogP contribution in [-0.4, -0.2) is 16.4 Å². The highest BCUT2D eigenvalue weighted by Crippen LogP contribution is 2.26. The molecule has 0 aliphatic rings. The Labute approximate surface area is 122 Å². The molecule has 0 aliphatic heterocycles. The van der Waals surface area contributed by atoms with Crippen LogP contribution in [0, 0.1) is 15.9 Å². The van der Waals surface area contributed by atoms with E-state index in [1.54, 1.807) is 0 Å². The Morgan fingerprint density at radius 2 is 1.86 bits per heavy atom. The van der Waals surface area contributed by atoms with Gasteiger partial charge in [0.1, 0.15) is 5.56 Å². The fourth-order valence-electron chi connectivity index (χ4n) is 2.24. The van der Waals surface area contributed by atoms with Crippen LogP contribution in [0.2, 0.25) is 0 Å². The lowest BCUT2D eigenvalue weighted by atomic mass is 9.89. The molecule has 1 rings (SSSR count). The summed E-state index contributed by atoms with van der Waals surface area (Å²) in [5, 5.41) is 13.8. The van der Waals surface area contributed by atoms with E-state index in [2.05, 4.69) is 5.32 Å². The topological polar surface area (TPSA) is 98.3 Å². The Kier molecular flexibility index (Phi) is 5.23. The van der Waals surface area contributed by atoms with Crippen LogP contribution in [0.4, 0.5) is 15.8 Å². The number of nitrogen functional groups attached to an aromatic ring is 1. The van der Waals surface area contributed by atoms with Gasteiger partial charge in [0.15, 0.2) is 5.82 Å². The van der Waals surface area contributed by atoms with Gasteiger partial charge in [-0.1, -0.05) is 20.8 Å². The largest absolute Gasteiger partial charge is 0.396 e. The zero-order valence-corrected chi connectivity index (χ0v) is 12.4. The number of halogens is 1. The molecular weight excluding hydrogens is 277 g/mol. The lowest BCUT2D eigenvalue weighted by Crippen LogP contribution is -2.47. The number of benzene rings is 1. The smallest absolute Gasteiger partial charge is 0.285 e. The first kappa shape index (κ1) is 16.9. The van der Waals surface area contributed by atoms with Gasteiger partial charge >= 0.3 is 0 Å². The van der Waals surface area contributed by atoms with Crippen LogP contribution in [-0.2, 0) is 0 Å². The summed E-state index contributed by atoms with van der Waals surface area (Å²) in [4.78, 5) is 22.5. The molecule has 3 N–H and O–H groups in total. The lowest BCUT2D eigenvalue weighted by Gasteiger charge is -2.31. The third-order valence-corrected chi connectivity index (χ3v) is 3.97. The number of nitro benzene ring substituents is 1. The summed E-state index contributed by atoms with van der Waals surface area (Å²) in [6, 6.07) is 1.68. The van der Waals surface area contributed by atoms with Gasteiger partial charge in [-0.15, -0.1) is 0 Å². The molecule has 6 nitrogen and oxygen atoms in total. The van der Waals surface area contributed by atoms with Gasteiger partial charge in [-0.3, -0.25) is 14.9 Å². The fourth-order valence-corrected chi connectivity index (χ4v) is 2.24. The van der Waals surface area contributed by atoms with Crippen molar-refractivity contribution < 1.29 is 14.1 Å². The van der Waals surface area contributed by atoms with Gasteiger partial charge in [-0.2, -0.15) is 0 Å². The average Bonchev–Trinajstić information content (AvgIpc) is 2.46. The third kappa shape index (κ3) is 3.48. The molecule has 0 radical (unpaired) electrons. The number of carbonyl (C=O) groups excluding carboxylic acids is 1. The van der Waals surface area contributed by atoms with Gasteiger partial charge in [-0.25, -0.2) is 4.39 Å². The van der Waals surface area contributed by atoms with Gasteiger partial charge in [0, 0.05) is 5.54 Å². The maximum Gasteiger partial charge on any atom is 0.285 e. The van der Waals surface area contributed by atoms with Gasteiger partial charge in [0.05, 0.1) is 16.7 Å². The summed E-state index contributed by atoms with van der Waals surface area (Å²) in [5.41, 5.74) is 3.87. The molecule has 0 bridgehead atoms. The number of anilines is 1. The van der Waals surface area contributed by atoms with Crippen LogP contribution in [0.15, 0.2) is 12.1 Å². The summed E-state index contributed by atoms with van der Waals surface area (Å²) in [5.74, 6) is -1.52. The highest BCUT2D eigenvalue weighted by molar-refractivity contribution is 5.99. The van der Waals surface area contributed by atoms with E-state index in [0.717, 1.165) is 6.07 Å². The number of nitro groups is 1. The van der Waals surface area contributed by atoms with Gasteiger partial charge in [0.25, 0.3) is 11.6 Å². The molecule has 0 atom stereocenters. The maximum absolute atomic E-state index is 13.4. The highest BCUT2D eigenvalue weighted by atomic mass is 19.1. The molecule has 0 aromatic heterocycles. The van der Waals surface area contributed by atoms with Crippen molar-refractivity contribution in [1.82, 2.24) is 5.32 Å². The van der Waals surface area contributed by atoms with E-state index < -0.39 is 27.9 Å². The summed E-state index contributed by atoms with van der Waals surface area (Å²) >= 11 is 0. The van der Waals surface area contributed by atoms with E-state index in [-0.39, 0.29) is 11.3 Å². The third-order valence-electron chi connectivity index (χ3n) is 3.97. The molecule has 1 aromatic rings. The normalized spacial score (nSPS) is 11.2. The first-order chi connectivity index (χ1) is 9.80. The highest BCUT2D eigenvalue weighted by Gasteiger charge is 2.30. The molecule has 0 saturated heterocycles. The van der Waals surface area contributed by atoms with Crippen LogP contribution < -0.4 is 11.1 Å². The first-order valence-electron chi connectivity index (χ1n) is 6.86. The van der Waals surface area contributed by atoms with E-state index in [4.69, 9.17) is 5.73 Å². The Morgan fingerprint density at radius 1 is 1.33 bits per heavy atom. The number of amides is 1. The van der Waals surface area contributed by atoms with Crippen molar-refractivity contribution in [2.75, 3.05) is 5.73 Å². The van der Waals surface area contributed by atoms with E-state index in [1.807, 2.05) is 20.8 Å². The number of carbonyl (C=O) groups is 1. The van der Waals surface area contributed by atoms with E-state index in [0.29, 0.717) is 25.3 Å². The van der Waals surface area contributed by atoms with Crippen LogP contribution in [0.5, 0.6) is 0 Å². The van der Waals surface area contributed by atoms with Crippen molar-refractivity contribution in [1.29, 1.82) is 0 Å². The van der Waals surface area contributed by atoms with Crippen LogP contribution in [0.3, 0.4) is 0 Å². The molecule has 1 amide bonds. The summed E-state index contributed by atoms with van der Waals surface area (Å²) in [6.45, 7) is 5.79. The summed E-state index contributed by atoms with van der Waals surface area (Å²) in [7, 11) is 0. The number of hydrogen-bond acceptors (Lipinski definition) is 4. The second-order valence-corrected chi connectivity index (χ2v) is 4.94. The Morgan fingerprint density at radius 3 is 2.29 bits per heavy atom. The van der Waals surface area contributed by atoms with Crippen molar-refractivity contribution in [2.24, 2.45) is 0 Å². The Bertz CT molecular complexity index is 548. The minimum absolute atomic E-state index is 0.223. The van der Waals surface area contributed by atoms with Crippen molar-refractivity contribution in [2.45, 2.75) is 45.6 Å². The maximum atomic E-state index is 13.4. The summed E-state index contributed by atoms with van der Waals surface area (Å²) in [6.07, 6.45) is 2.07. The monoisotopic (exact) mass is 297 g/mol. The molecule has 116 valence electrons. The second kappa shape index (κ2) is 6.51. The number of hydrogen-bond donors (Lipinski definition) is 2. The first-order valence-corrected chi connectivity index (χ1v) is 6.86. The van der Waals surface area contributed by atoms with E-state index >= 15 is 0 Å². The standard InChI is InChI=1S/C14H20FN3O3/c1-4-14(5-2,6-3)17-13(19)9-7-11(16)10(15)8-12(9)18(20)21/h7-8H,4-6,16H2,1-3H3,(H,17,19). The number of rotatable bonds is 6. The van der Waals surface area contributed by atoms with E-state index in [9.17, 15) is 19.3 Å². The fraction of sp³-hybridized carbons (Fsp3) is 0.500. The molecule has 1 aromatic carbocycles. The molecule has 0 aliphatic carbocycles. The van der Waals surface area contributed by atoms with Crippen molar-refractivity contribution >= 4 is 17.3 Å². The Hall–Kier alpha value is -2.18. The number of nitrogens with two attached hydrogens (primary N) is 1. The second-order valence-electron chi connectivity index (χ2n) is 4.94. The Balaban J connectivity index is 3.24. The van der Waals surface area contributed by atoms with E-state index in [1.165, 1.54) is 0 Å². The predicted molar refractivity (Wildman–Crippen MR) is 78.5 cm³/mol.